The molecule has 1 aliphatic rings. The molecule has 6 nitrogen and oxygen atoms in total. The van der Waals surface area contributed by atoms with Gasteiger partial charge < -0.3 is 10.5 Å². The fraction of sp³-hybridized carbons (Fsp3) is 0.846. The molecule has 0 bridgehead atoms. The zero-order chi connectivity index (χ0) is 13.8. The molecule has 0 aliphatic heterocycles. The maximum Gasteiger partial charge on any atom is 0.345 e. The molecule has 1 aliphatic carbocycles. The van der Waals surface area contributed by atoms with Crippen LogP contribution in [0, 0.1) is 5.92 Å². The Balaban J connectivity index is 2.09. The standard InChI is InChI=1S/C13H24N4O2/c1-16-12(9-10-5-3-4-6-11(10)14)15-17(13(16)18)7-8-19-2/h10-11H,3-9,14H2,1-2H3/t10-,11-/m1/s1. The molecule has 0 amide bonds. The van der Waals surface area contributed by atoms with Crippen molar-refractivity contribution in [1.82, 2.24) is 14.3 Å². The predicted octanol–water partition coefficient (Wildman–Crippen LogP) is 0.288. The summed E-state index contributed by atoms with van der Waals surface area (Å²) < 4.78 is 8.10. The summed E-state index contributed by atoms with van der Waals surface area (Å²) in [7, 11) is 3.40. The minimum atomic E-state index is -0.0727. The van der Waals surface area contributed by atoms with E-state index in [-0.39, 0.29) is 11.7 Å². The van der Waals surface area contributed by atoms with Crippen molar-refractivity contribution < 1.29 is 4.74 Å². The third-order valence-electron chi connectivity index (χ3n) is 4.05. The van der Waals surface area contributed by atoms with Crippen molar-refractivity contribution in [3.8, 4) is 0 Å². The van der Waals surface area contributed by atoms with Gasteiger partial charge >= 0.3 is 5.69 Å². The van der Waals surface area contributed by atoms with Gasteiger partial charge in [0.1, 0.15) is 5.82 Å². The van der Waals surface area contributed by atoms with E-state index in [2.05, 4.69) is 5.10 Å². The van der Waals surface area contributed by atoms with Crippen LogP contribution in [-0.4, -0.2) is 34.1 Å². The summed E-state index contributed by atoms with van der Waals surface area (Å²) in [5.74, 6) is 1.29. The Morgan fingerprint density at radius 3 is 2.84 bits per heavy atom. The van der Waals surface area contributed by atoms with Gasteiger partial charge in [-0.05, 0) is 18.8 Å². The van der Waals surface area contributed by atoms with E-state index in [0.717, 1.165) is 25.1 Å². The highest BCUT2D eigenvalue weighted by atomic mass is 16.5. The Morgan fingerprint density at radius 2 is 2.16 bits per heavy atom. The molecule has 2 atom stereocenters. The van der Waals surface area contributed by atoms with Crippen LogP contribution in [0.15, 0.2) is 4.79 Å². The Hall–Kier alpha value is -1.14. The molecule has 0 saturated heterocycles. The molecule has 0 unspecified atom stereocenters. The highest BCUT2D eigenvalue weighted by molar-refractivity contribution is 4.93. The molecule has 1 aromatic rings. The van der Waals surface area contributed by atoms with Gasteiger partial charge in [-0.15, -0.1) is 0 Å². The van der Waals surface area contributed by atoms with Gasteiger partial charge in [-0.3, -0.25) is 4.57 Å². The number of hydrogen-bond donors (Lipinski definition) is 1. The average Bonchev–Trinajstić information content (AvgIpc) is 2.67. The monoisotopic (exact) mass is 268 g/mol. The number of nitrogens with zero attached hydrogens (tertiary/aromatic N) is 3. The quantitative estimate of drug-likeness (QED) is 0.833. The minimum Gasteiger partial charge on any atom is -0.383 e. The summed E-state index contributed by atoms with van der Waals surface area (Å²) in [6.07, 6.45) is 5.48. The van der Waals surface area contributed by atoms with Crippen molar-refractivity contribution in [2.75, 3.05) is 13.7 Å². The summed E-state index contributed by atoms with van der Waals surface area (Å²) in [5.41, 5.74) is 6.09. The van der Waals surface area contributed by atoms with E-state index in [1.54, 1.807) is 18.7 Å². The minimum absolute atomic E-state index is 0.0727. The van der Waals surface area contributed by atoms with Crippen LogP contribution in [0.5, 0.6) is 0 Å². The molecule has 0 radical (unpaired) electrons. The van der Waals surface area contributed by atoms with Crippen molar-refractivity contribution in [3.05, 3.63) is 16.3 Å². The second-order valence-corrected chi connectivity index (χ2v) is 5.39. The van der Waals surface area contributed by atoms with E-state index < -0.39 is 0 Å². The van der Waals surface area contributed by atoms with E-state index in [0.29, 0.717) is 19.1 Å². The van der Waals surface area contributed by atoms with Gasteiger partial charge in [0.25, 0.3) is 0 Å². The van der Waals surface area contributed by atoms with Gasteiger partial charge in [-0.25, -0.2) is 9.48 Å². The molecule has 6 heteroatoms. The Labute approximate surface area is 113 Å². The molecule has 108 valence electrons. The molecule has 1 heterocycles. The van der Waals surface area contributed by atoms with Gasteiger partial charge in [0.15, 0.2) is 0 Å². The lowest BCUT2D eigenvalue weighted by Crippen LogP contribution is -2.35. The fourth-order valence-corrected chi connectivity index (χ4v) is 2.76. The lowest BCUT2D eigenvalue weighted by atomic mass is 9.83. The smallest absolute Gasteiger partial charge is 0.345 e. The lowest BCUT2D eigenvalue weighted by Gasteiger charge is -2.27. The van der Waals surface area contributed by atoms with Crippen molar-refractivity contribution in [2.45, 2.75) is 44.7 Å². The van der Waals surface area contributed by atoms with Gasteiger partial charge in [0.2, 0.25) is 0 Å². The van der Waals surface area contributed by atoms with E-state index in [9.17, 15) is 4.79 Å². The van der Waals surface area contributed by atoms with Crippen LogP contribution < -0.4 is 11.4 Å². The highest BCUT2D eigenvalue weighted by Gasteiger charge is 2.24. The van der Waals surface area contributed by atoms with Crippen molar-refractivity contribution in [3.63, 3.8) is 0 Å². The number of ether oxygens (including phenoxy) is 1. The van der Waals surface area contributed by atoms with E-state index >= 15 is 0 Å². The van der Waals surface area contributed by atoms with Crippen LogP contribution in [0.1, 0.15) is 31.5 Å². The van der Waals surface area contributed by atoms with Crippen LogP contribution in [0.4, 0.5) is 0 Å². The first-order valence-corrected chi connectivity index (χ1v) is 7.00. The van der Waals surface area contributed by atoms with Crippen LogP contribution in [0.2, 0.25) is 0 Å². The zero-order valence-corrected chi connectivity index (χ0v) is 11.8. The van der Waals surface area contributed by atoms with Gasteiger partial charge in [-0.2, -0.15) is 5.10 Å². The largest absolute Gasteiger partial charge is 0.383 e. The molecular weight excluding hydrogens is 244 g/mol. The van der Waals surface area contributed by atoms with Crippen LogP contribution in [-0.2, 0) is 24.8 Å². The molecule has 1 saturated carbocycles. The SMILES string of the molecule is COCCn1nc(C[C@H]2CCCC[C@H]2N)n(C)c1=O. The van der Waals surface area contributed by atoms with E-state index in [4.69, 9.17) is 10.5 Å². The maximum absolute atomic E-state index is 12.0. The molecular formula is C13H24N4O2. The molecule has 1 aromatic heterocycles. The number of hydrogen-bond acceptors (Lipinski definition) is 4. The van der Waals surface area contributed by atoms with Gasteiger partial charge in [0.05, 0.1) is 13.2 Å². The van der Waals surface area contributed by atoms with Crippen LogP contribution in [0.25, 0.3) is 0 Å². The summed E-state index contributed by atoms with van der Waals surface area (Å²) in [5, 5.41) is 4.41. The lowest BCUT2D eigenvalue weighted by molar-refractivity contribution is 0.182. The van der Waals surface area contributed by atoms with Crippen molar-refractivity contribution in [2.24, 2.45) is 18.7 Å². The maximum atomic E-state index is 12.0. The normalized spacial score (nSPS) is 23.7. The van der Waals surface area contributed by atoms with Crippen molar-refractivity contribution >= 4 is 0 Å². The molecule has 2 N–H and O–H groups in total. The van der Waals surface area contributed by atoms with Gasteiger partial charge in [-0.1, -0.05) is 12.8 Å². The average molecular weight is 268 g/mol. The molecule has 19 heavy (non-hydrogen) atoms. The summed E-state index contributed by atoms with van der Waals surface area (Å²) in [6, 6.07) is 0.243. The Bertz CT molecular complexity index is 466. The van der Waals surface area contributed by atoms with Gasteiger partial charge in [0, 0.05) is 26.6 Å². The first-order valence-electron chi connectivity index (χ1n) is 7.00. The summed E-state index contributed by atoms with van der Waals surface area (Å²) in [6.45, 7) is 0.999. The molecule has 0 aromatic carbocycles. The first kappa shape index (κ1) is 14.3. The second kappa shape index (κ2) is 6.34. The molecule has 0 spiro atoms. The molecule has 2 rings (SSSR count). The number of aromatic nitrogens is 3. The summed E-state index contributed by atoms with van der Waals surface area (Å²) in [4.78, 5) is 12.0. The Morgan fingerprint density at radius 1 is 1.42 bits per heavy atom. The topological polar surface area (TPSA) is 75.1 Å². The second-order valence-electron chi connectivity index (χ2n) is 5.39. The van der Waals surface area contributed by atoms with E-state index in [1.807, 2.05) is 0 Å². The number of rotatable bonds is 5. The summed E-state index contributed by atoms with van der Waals surface area (Å²) >= 11 is 0. The Kier molecular flexibility index (Phi) is 4.76. The highest BCUT2D eigenvalue weighted by Crippen LogP contribution is 2.25. The first-order chi connectivity index (χ1) is 9.13. The van der Waals surface area contributed by atoms with Crippen molar-refractivity contribution in [1.29, 1.82) is 0 Å². The zero-order valence-electron chi connectivity index (χ0n) is 11.8. The third kappa shape index (κ3) is 3.25. The third-order valence-corrected chi connectivity index (χ3v) is 4.05. The number of methoxy groups -OCH3 is 1. The van der Waals surface area contributed by atoms with Crippen LogP contribution >= 0.6 is 0 Å². The predicted molar refractivity (Wildman–Crippen MR) is 73.0 cm³/mol. The van der Waals surface area contributed by atoms with E-state index in [1.165, 1.54) is 17.5 Å². The number of nitrogens with two attached hydrogens (primary N) is 1. The molecule has 1 fully saturated rings. The van der Waals surface area contributed by atoms with Crippen LogP contribution in [0.3, 0.4) is 0 Å². The fourth-order valence-electron chi connectivity index (χ4n) is 2.76.